The molecule has 7 nitrogen and oxygen atoms in total. The summed E-state index contributed by atoms with van der Waals surface area (Å²) in [4.78, 5) is 18.0. The number of rotatable bonds is 3. The van der Waals surface area contributed by atoms with Crippen LogP contribution < -0.4 is 0 Å². The van der Waals surface area contributed by atoms with Gasteiger partial charge in [-0.2, -0.15) is 0 Å². The highest BCUT2D eigenvalue weighted by atomic mass is 16.5. The molecule has 0 aliphatic carbocycles. The fourth-order valence-electron chi connectivity index (χ4n) is 3.01. The zero-order valence-electron chi connectivity index (χ0n) is 14.2. The highest BCUT2D eigenvalue weighted by Crippen LogP contribution is 2.27. The Hall–Kier alpha value is -2.67. The smallest absolute Gasteiger partial charge is 0.254 e. The number of fused-ring (bicyclic) bond motifs is 1. The molecule has 1 fully saturated rings. The van der Waals surface area contributed by atoms with Crippen molar-refractivity contribution in [2.75, 3.05) is 19.8 Å². The molecule has 0 saturated carbocycles. The highest BCUT2D eigenvalue weighted by molar-refractivity contribution is 5.98. The lowest BCUT2D eigenvalue weighted by atomic mass is 10.1. The first-order valence-electron chi connectivity index (χ1n) is 8.42. The molecular formula is C18H20N4O3. The zero-order chi connectivity index (χ0) is 17.4. The number of aromatic amines is 1. The third-order valence-corrected chi connectivity index (χ3v) is 4.43. The Labute approximate surface area is 145 Å². The van der Waals surface area contributed by atoms with Gasteiger partial charge in [-0.15, -0.1) is 10.2 Å². The molecule has 0 bridgehead atoms. The number of aromatic nitrogens is 3. The van der Waals surface area contributed by atoms with E-state index in [-0.39, 0.29) is 17.9 Å². The summed E-state index contributed by atoms with van der Waals surface area (Å²) < 4.78 is 11.3. The van der Waals surface area contributed by atoms with Gasteiger partial charge in [0.15, 0.2) is 0 Å². The Kier molecular flexibility index (Phi) is 4.01. The Morgan fingerprint density at radius 1 is 1.32 bits per heavy atom. The van der Waals surface area contributed by atoms with Crippen LogP contribution in [0, 0.1) is 0 Å². The van der Waals surface area contributed by atoms with E-state index in [1.165, 1.54) is 0 Å². The molecule has 1 atom stereocenters. The summed E-state index contributed by atoms with van der Waals surface area (Å²) in [5, 5.41) is 9.29. The van der Waals surface area contributed by atoms with Crippen LogP contribution >= 0.6 is 0 Å². The zero-order valence-corrected chi connectivity index (χ0v) is 14.2. The van der Waals surface area contributed by atoms with Crippen LogP contribution in [-0.4, -0.2) is 45.7 Å². The maximum atomic E-state index is 13.1. The Balaban J connectivity index is 1.64. The number of amides is 1. The molecule has 1 N–H and O–H groups in total. The summed E-state index contributed by atoms with van der Waals surface area (Å²) in [7, 11) is 0. The van der Waals surface area contributed by atoms with Crippen molar-refractivity contribution in [3.63, 3.8) is 0 Å². The summed E-state index contributed by atoms with van der Waals surface area (Å²) >= 11 is 0. The number of nitrogens with zero attached hydrogens (tertiary/aromatic N) is 3. The van der Waals surface area contributed by atoms with Gasteiger partial charge in [-0.25, -0.2) is 0 Å². The van der Waals surface area contributed by atoms with E-state index in [2.05, 4.69) is 15.2 Å². The van der Waals surface area contributed by atoms with Crippen molar-refractivity contribution >= 4 is 16.8 Å². The second kappa shape index (κ2) is 6.33. The lowest BCUT2D eigenvalue weighted by Gasteiger charge is -2.33. The Morgan fingerprint density at radius 3 is 3.00 bits per heavy atom. The van der Waals surface area contributed by atoms with E-state index in [4.69, 9.17) is 9.15 Å². The second-order valence-corrected chi connectivity index (χ2v) is 6.50. The summed E-state index contributed by atoms with van der Waals surface area (Å²) in [6, 6.07) is 7.28. The number of morpholine rings is 1. The first-order valence-corrected chi connectivity index (χ1v) is 8.42. The largest absolute Gasteiger partial charge is 0.423 e. The minimum atomic E-state index is -0.361. The van der Waals surface area contributed by atoms with Crippen molar-refractivity contribution in [2.24, 2.45) is 0 Å². The molecule has 1 unspecified atom stereocenters. The Morgan fingerprint density at radius 2 is 2.20 bits per heavy atom. The first-order chi connectivity index (χ1) is 12.1. The molecule has 1 aliphatic rings. The van der Waals surface area contributed by atoms with Crippen molar-refractivity contribution in [1.82, 2.24) is 20.1 Å². The SMILES string of the molecule is CC(C)c1nnc(C2COCCN2C(=O)c2ccc3cc[nH]c3c2)o1. The van der Waals surface area contributed by atoms with Crippen LogP contribution in [0.2, 0.25) is 0 Å². The van der Waals surface area contributed by atoms with Crippen molar-refractivity contribution in [1.29, 1.82) is 0 Å². The molecule has 0 spiro atoms. The van der Waals surface area contributed by atoms with Crippen molar-refractivity contribution in [3.8, 4) is 0 Å². The van der Waals surface area contributed by atoms with Crippen molar-refractivity contribution < 1.29 is 13.9 Å². The molecule has 130 valence electrons. The number of benzene rings is 1. The number of hydrogen-bond acceptors (Lipinski definition) is 5. The Bertz CT molecular complexity index is 899. The molecule has 3 aromatic rings. The van der Waals surface area contributed by atoms with Crippen LogP contribution in [0.5, 0.6) is 0 Å². The quantitative estimate of drug-likeness (QED) is 0.792. The van der Waals surface area contributed by atoms with E-state index in [0.717, 1.165) is 10.9 Å². The molecule has 1 aliphatic heterocycles. The molecule has 3 heterocycles. The summed E-state index contributed by atoms with van der Waals surface area (Å²) in [6.07, 6.45) is 1.86. The number of carbonyl (C=O) groups excluding carboxylic acids is 1. The van der Waals surface area contributed by atoms with Gasteiger partial charge in [-0.1, -0.05) is 19.9 Å². The number of carbonyl (C=O) groups is 1. The molecular weight excluding hydrogens is 320 g/mol. The van der Waals surface area contributed by atoms with Gasteiger partial charge in [0.2, 0.25) is 11.8 Å². The average molecular weight is 340 g/mol. The van der Waals surface area contributed by atoms with E-state index in [1.54, 1.807) is 4.90 Å². The van der Waals surface area contributed by atoms with E-state index in [1.807, 2.05) is 44.3 Å². The second-order valence-electron chi connectivity index (χ2n) is 6.50. The molecule has 4 rings (SSSR count). The maximum absolute atomic E-state index is 13.1. The predicted molar refractivity (Wildman–Crippen MR) is 91.3 cm³/mol. The number of ether oxygens (including phenoxy) is 1. The molecule has 1 aromatic carbocycles. The van der Waals surface area contributed by atoms with Gasteiger partial charge in [0.25, 0.3) is 5.91 Å². The average Bonchev–Trinajstić information content (AvgIpc) is 3.29. The molecule has 1 amide bonds. The summed E-state index contributed by atoms with van der Waals surface area (Å²) in [5.41, 5.74) is 1.57. The summed E-state index contributed by atoms with van der Waals surface area (Å²) in [6.45, 7) is 5.33. The van der Waals surface area contributed by atoms with Crippen molar-refractivity contribution in [3.05, 3.63) is 47.8 Å². The van der Waals surface area contributed by atoms with Crippen molar-refractivity contribution in [2.45, 2.75) is 25.8 Å². The minimum Gasteiger partial charge on any atom is -0.423 e. The standard InChI is InChI=1S/C18H20N4O3/c1-11(2)16-20-21-17(25-16)15-10-24-8-7-22(15)18(23)13-4-3-12-5-6-19-14(12)9-13/h3-6,9,11,15,19H,7-8,10H2,1-2H3. The van der Waals surface area contributed by atoms with Gasteiger partial charge in [0.05, 0.1) is 13.2 Å². The molecule has 0 radical (unpaired) electrons. The fraction of sp³-hybridized carbons (Fsp3) is 0.389. The lowest BCUT2D eigenvalue weighted by Crippen LogP contribution is -2.43. The fourth-order valence-corrected chi connectivity index (χ4v) is 3.01. The highest BCUT2D eigenvalue weighted by Gasteiger charge is 2.33. The van der Waals surface area contributed by atoms with Gasteiger partial charge in [0, 0.05) is 29.7 Å². The number of hydrogen-bond donors (Lipinski definition) is 1. The van der Waals surface area contributed by atoms with Gasteiger partial charge in [-0.05, 0) is 23.6 Å². The third-order valence-electron chi connectivity index (χ3n) is 4.43. The van der Waals surface area contributed by atoms with E-state index < -0.39 is 0 Å². The number of nitrogens with one attached hydrogen (secondary N) is 1. The molecule has 1 saturated heterocycles. The lowest BCUT2D eigenvalue weighted by molar-refractivity contribution is -0.0107. The van der Waals surface area contributed by atoms with Crippen LogP contribution in [0.4, 0.5) is 0 Å². The van der Waals surface area contributed by atoms with Crippen LogP contribution in [0.25, 0.3) is 10.9 Å². The van der Waals surface area contributed by atoms with Gasteiger partial charge >= 0.3 is 0 Å². The minimum absolute atomic E-state index is 0.0610. The monoisotopic (exact) mass is 340 g/mol. The van der Waals surface area contributed by atoms with Crippen LogP contribution in [0.15, 0.2) is 34.9 Å². The first kappa shape index (κ1) is 15.8. The predicted octanol–water partition coefficient (Wildman–Crippen LogP) is 2.89. The van der Waals surface area contributed by atoms with Crippen LogP contribution in [0.1, 0.15) is 47.9 Å². The maximum Gasteiger partial charge on any atom is 0.254 e. The van der Waals surface area contributed by atoms with E-state index >= 15 is 0 Å². The molecule has 2 aromatic heterocycles. The molecule has 7 heteroatoms. The third kappa shape index (κ3) is 2.91. The van der Waals surface area contributed by atoms with Crippen LogP contribution in [-0.2, 0) is 4.74 Å². The van der Waals surface area contributed by atoms with Crippen LogP contribution in [0.3, 0.4) is 0 Å². The summed E-state index contributed by atoms with van der Waals surface area (Å²) in [5.74, 6) is 1.08. The number of H-pyrrole nitrogens is 1. The topological polar surface area (TPSA) is 84.3 Å². The normalized spacial score (nSPS) is 18.2. The van der Waals surface area contributed by atoms with Gasteiger partial charge in [0.1, 0.15) is 6.04 Å². The molecule has 25 heavy (non-hydrogen) atoms. The van der Waals surface area contributed by atoms with E-state index in [0.29, 0.717) is 37.1 Å². The van der Waals surface area contributed by atoms with Gasteiger partial charge < -0.3 is 19.0 Å². The van der Waals surface area contributed by atoms with E-state index in [9.17, 15) is 4.79 Å². The van der Waals surface area contributed by atoms with Gasteiger partial charge in [-0.3, -0.25) is 4.79 Å².